The van der Waals surface area contributed by atoms with Crippen LogP contribution in [0.2, 0.25) is 0 Å². The van der Waals surface area contributed by atoms with Crippen LogP contribution in [0.4, 0.5) is 0 Å². The lowest BCUT2D eigenvalue weighted by Gasteiger charge is -2.01. The number of esters is 1. The predicted octanol–water partition coefficient (Wildman–Crippen LogP) is 1.10. The molecule has 3 nitrogen and oxygen atoms in total. The molecule has 0 rings (SSSR count). The molecular weight excluding hydrogens is 176 g/mol. The summed E-state index contributed by atoms with van der Waals surface area (Å²) < 4.78 is 15.4. The van der Waals surface area contributed by atoms with Gasteiger partial charge in [0.25, 0.3) is 0 Å². The van der Waals surface area contributed by atoms with Crippen LogP contribution in [0.3, 0.4) is 0 Å². The number of carbonyl (C=O) groups excluding carboxylic acids is 1. The SMILES string of the molecule is CCCOC(=O)CCCS(C)=O. The van der Waals surface area contributed by atoms with Gasteiger partial charge in [0.2, 0.25) is 0 Å². The van der Waals surface area contributed by atoms with E-state index in [0.717, 1.165) is 6.42 Å². The second kappa shape index (κ2) is 7.28. The van der Waals surface area contributed by atoms with Crippen LogP contribution in [0.5, 0.6) is 0 Å². The lowest BCUT2D eigenvalue weighted by molar-refractivity contribution is -0.143. The molecule has 12 heavy (non-hydrogen) atoms. The molecule has 0 aromatic heterocycles. The maximum Gasteiger partial charge on any atom is 0.305 e. The third-order valence-electron chi connectivity index (χ3n) is 1.28. The highest BCUT2D eigenvalue weighted by Gasteiger charge is 2.01. The van der Waals surface area contributed by atoms with E-state index in [1.54, 1.807) is 6.26 Å². The predicted molar refractivity (Wildman–Crippen MR) is 49.4 cm³/mol. The van der Waals surface area contributed by atoms with E-state index in [9.17, 15) is 9.00 Å². The Bertz CT molecular complexity index is 156. The third kappa shape index (κ3) is 7.72. The van der Waals surface area contributed by atoms with E-state index in [-0.39, 0.29) is 5.97 Å². The van der Waals surface area contributed by atoms with Gasteiger partial charge in [-0.05, 0) is 12.8 Å². The molecule has 0 aromatic rings. The fraction of sp³-hybridized carbons (Fsp3) is 0.875. The van der Waals surface area contributed by atoms with Gasteiger partial charge in [0.15, 0.2) is 0 Å². The summed E-state index contributed by atoms with van der Waals surface area (Å²) >= 11 is 0. The monoisotopic (exact) mass is 192 g/mol. The van der Waals surface area contributed by atoms with E-state index in [0.29, 0.717) is 25.2 Å². The smallest absolute Gasteiger partial charge is 0.305 e. The summed E-state index contributed by atoms with van der Waals surface area (Å²) in [7, 11) is -0.795. The van der Waals surface area contributed by atoms with E-state index in [2.05, 4.69) is 0 Å². The van der Waals surface area contributed by atoms with Crippen LogP contribution in [-0.4, -0.2) is 28.8 Å². The van der Waals surface area contributed by atoms with Gasteiger partial charge in [0.1, 0.15) is 0 Å². The van der Waals surface area contributed by atoms with Crippen LogP contribution in [0.1, 0.15) is 26.2 Å². The first-order valence-electron chi connectivity index (χ1n) is 4.12. The van der Waals surface area contributed by atoms with Crippen molar-refractivity contribution in [2.24, 2.45) is 0 Å². The number of rotatable bonds is 6. The van der Waals surface area contributed by atoms with Gasteiger partial charge in [-0.15, -0.1) is 0 Å². The molecule has 72 valence electrons. The maximum atomic E-state index is 10.9. The first kappa shape index (κ1) is 11.6. The van der Waals surface area contributed by atoms with Crippen LogP contribution in [0.15, 0.2) is 0 Å². The number of ether oxygens (including phenoxy) is 1. The van der Waals surface area contributed by atoms with E-state index in [4.69, 9.17) is 4.74 Å². The molecule has 4 heteroatoms. The highest BCUT2D eigenvalue weighted by atomic mass is 32.2. The topological polar surface area (TPSA) is 43.4 Å². The van der Waals surface area contributed by atoms with Crippen molar-refractivity contribution in [3.63, 3.8) is 0 Å². The van der Waals surface area contributed by atoms with E-state index < -0.39 is 10.8 Å². The Kier molecular flexibility index (Phi) is 7.05. The van der Waals surface area contributed by atoms with Crippen molar-refractivity contribution in [1.29, 1.82) is 0 Å². The largest absolute Gasteiger partial charge is 0.466 e. The van der Waals surface area contributed by atoms with Gasteiger partial charge in [-0.3, -0.25) is 9.00 Å². The second-order valence-electron chi connectivity index (χ2n) is 2.60. The molecule has 0 aliphatic heterocycles. The van der Waals surface area contributed by atoms with Gasteiger partial charge in [0.05, 0.1) is 6.61 Å². The van der Waals surface area contributed by atoms with Crippen molar-refractivity contribution < 1.29 is 13.7 Å². The molecule has 0 saturated carbocycles. The highest BCUT2D eigenvalue weighted by Crippen LogP contribution is 1.95. The Labute approximate surface area is 75.9 Å². The van der Waals surface area contributed by atoms with Gasteiger partial charge in [-0.1, -0.05) is 6.92 Å². The molecule has 0 aromatic carbocycles. The summed E-state index contributed by atoms with van der Waals surface area (Å²) in [6.07, 6.45) is 3.54. The Hall–Kier alpha value is -0.380. The van der Waals surface area contributed by atoms with Crippen molar-refractivity contribution in [2.45, 2.75) is 26.2 Å². The van der Waals surface area contributed by atoms with Gasteiger partial charge in [0, 0.05) is 29.2 Å². The Morgan fingerprint density at radius 3 is 2.67 bits per heavy atom. The average Bonchev–Trinajstić information content (AvgIpc) is 2.00. The second-order valence-corrected chi connectivity index (χ2v) is 4.16. The fourth-order valence-electron chi connectivity index (χ4n) is 0.708. The normalized spacial score (nSPS) is 12.5. The molecule has 0 saturated heterocycles. The first-order valence-corrected chi connectivity index (χ1v) is 5.85. The van der Waals surface area contributed by atoms with Gasteiger partial charge < -0.3 is 4.74 Å². The summed E-state index contributed by atoms with van der Waals surface area (Å²) in [5.74, 6) is 0.406. The van der Waals surface area contributed by atoms with Crippen molar-refractivity contribution in [2.75, 3.05) is 18.6 Å². The van der Waals surface area contributed by atoms with E-state index >= 15 is 0 Å². The molecule has 0 heterocycles. The van der Waals surface area contributed by atoms with Crippen molar-refractivity contribution >= 4 is 16.8 Å². The molecule has 1 atom stereocenters. The van der Waals surface area contributed by atoms with Crippen molar-refractivity contribution in [3.8, 4) is 0 Å². The lowest BCUT2D eigenvalue weighted by atomic mass is 10.3. The minimum atomic E-state index is -0.795. The average molecular weight is 192 g/mol. The summed E-state index contributed by atoms with van der Waals surface area (Å²) in [5.41, 5.74) is 0. The Morgan fingerprint density at radius 1 is 1.50 bits per heavy atom. The summed E-state index contributed by atoms with van der Waals surface area (Å²) in [6, 6.07) is 0. The quantitative estimate of drug-likeness (QED) is 0.592. The fourth-order valence-corrected chi connectivity index (χ4v) is 1.26. The molecule has 1 unspecified atom stereocenters. The minimum Gasteiger partial charge on any atom is -0.466 e. The molecule has 0 spiro atoms. The molecule has 0 bridgehead atoms. The van der Waals surface area contributed by atoms with Crippen LogP contribution in [0.25, 0.3) is 0 Å². The number of hydrogen-bond donors (Lipinski definition) is 0. The molecular formula is C8H16O3S. The summed E-state index contributed by atoms with van der Waals surface area (Å²) in [4.78, 5) is 10.9. The zero-order valence-electron chi connectivity index (χ0n) is 7.67. The molecule has 0 aliphatic carbocycles. The lowest BCUT2D eigenvalue weighted by Crippen LogP contribution is -2.06. The highest BCUT2D eigenvalue weighted by molar-refractivity contribution is 7.84. The minimum absolute atomic E-state index is 0.178. The summed E-state index contributed by atoms with van der Waals surface area (Å²) in [5, 5.41) is 0. The number of carbonyl (C=O) groups is 1. The zero-order valence-corrected chi connectivity index (χ0v) is 8.49. The third-order valence-corrected chi connectivity index (χ3v) is 2.14. The molecule has 0 aliphatic rings. The zero-order chi connectivity index (χ0) is 9.40. The van der Waals surface area contributed by atoms with Gasteiger partial charge in [-0.25, -0.2) is 0 Å². The van der Waals surface area contributed by atoms with Crippen LogP contribution < -0.4 is 0 Å². The molecule has 0 fully saturated rings. The molecule has 0 N–H and O–H groups in total. The standard InChI is InChI=1S/C8H16O3S/c1-3-6-11-8(9)5-4-7-12(2)10/h3-7H2,1-2H3. The van der Waals surface area contributed by atoms with Crippen molar-refractivity contribution in [1.82, 2.24) is 0 Å². The Balaban J connectivity index is 3.25. The summed E-state index contributed by atoms with van der Waals surface area (Å²) in [6.45, 7) is 2.45. The Morgan fingerprint density at radius 2 is 2.17 bits per heavy atom. The van der Waals surface area contributed by atoms with Crippen LogP contribution >= 0.6 is 0 Å². The maximum absolute atomic E-state index is 10.9. The number of hydrogen-bond acceptors (Lipinski definition) is 3. The van der Waals surface area contributed by atoms with Gasteiger partial charge >= 0.3 is 5.97 Å². The van der Waals surface area contributed by atoms with Crippen LogP contribution in [-0.2, 0) is 20.3 Å². The van der Waals surface area contributed by atoms with Gasteiger partial charge in [-0.2, -0.15) is 0 Å². The van der Waals surface area contributed by atoms with E-state index in [1.807, 2.05) is 6.92 Å². The molecule has 0 amide bonds. The van der Waals surface area contributed by atoms with E-state index in [1.165, 1.54) is 0 Å². The molecule has 0 radical (unpaired) electrons. The van der Waals surface area contributed by atoms with Crippen LogP contribution in [0, 0.1) is 0 Å². The first-order chi connectivity index (χ1) is 5.66. The van der Waals surface area contributed by atoms with Crippen molar-refractivity contribution in [3.05, 3.63) is 0 Å².